The summed E-state index contributed by atoms with van der Waals surface area (Å²) >= 11 is 0. The van der Waals surface area contributed by atoms with Gasteiger partial charge in [0.05, 0.1) is 11.3 Å². The van der Waals surface area contributed by atoms with Crippen molar-refractivity contribution in [2.75, 3.05) is 18.0 Å². The van der Waals surface area contributed by atoms with E-state index in [0.29, 0.717) is 49.6 Å². The minimum absolute atomic E-state index is 0.101. The first-order valence-electron chi connectivity index (χ1n) is 11.0. The van der Waals surface area contributed by atoms with Crippen LogP contribution in [0.1, 0.15) is 56.6 Å². The van der Waals surface area contributed by atoms with Crippen molar-refractivity contribution >= 4 is 32.7 Å². The number of nitrogens with two attached hydrogens (primary N) is 1. The lowest BCUT2D eigenvalue weighted by Crippen LogP contribution is -2.45. The van der Waals surface area contributed by atoms with Crippen molar-refractivity contribution in [2.24, 2.45) is 16.7 Å². The molecule has 0 saturated heterocycles. The van der Waals surface area contributed by atoms with Gasteiger partial charge >= 0.3 is 0 Å². The zero-order valence-corrected chi connectivity index (χ0v) is 19.9. The summed E-state index contributed by atoms with van der Waals surface area (Å²) in [4.78, 5) is 21.6. The summed E-state index contributed by atoms with van der Waals surface area (Å²) in [5.41, 5.74) is 8.61. The summed E-state index contributed by atoms with van der Waals surface area (Å²) in [5, 5.41) is 0. The SMILES string of the molecule is Cc1nc(N)c2nc(C)n(CCCNS(=O)(=O)CC34CCC(CC3=O)C4(C)C)c2c1C. The number of nitrogens with zero attached hydrogens (tertiary/aromatic N) is 3. The summed E-state index contributed by atoms with van der Waals surface area (Å²) in [5.74, 6) is 1.57. The molecule has 2 saturated carbocycles. The zero-order valence-electron chi connectivity index (χ0n) is 19.1. The number of hydrogen-bond acceptors (Lipinski definition) is 6. The zero-order chi connectivity index (χ0) is 22.8. The predicted octanol–water partition coefficient (Wildman–Crippen LogP) is 2.64. The van der Waals surface area contributed by atoms with Gasteiger partial charge in [-0.2, -0.15) is 0 Å². The average Bonchev–Trinajstić information content (AvgIpc) is 3.19. The molecule has 4 rings (SSSR count). The molecule has 2 atom stereocenters. The van der Waals surface area contributed by atoms with Crippen LogP contribution in [0.2, 0.25) is 0 Å². The Kier molecular flexibility index (Phi) is 5.20. The lowest BCUT2D eigenvalue weighted by Gasteiger charge is -2.36. The van der Waals surface area contributed by atoms with Gasteiger partial charge in [-0.3, -0.25) is 4.79 Å². The Morgan fingerprint density at radius 2 is 1.94 bits per heavy atom. The van der Waals surface area contributed by atoms with E-state index in [1.165, 1.54) is 0 Å². The number of Topliss-reactive ketones (excluding diaryl/α,β-unsaturated/α-hetero) is 1. The van der Waals surface area contributed by atoms with Gasteiger partial charge in [-0.25, -0.2) is 23.1 Å². The normalized spacial score (nSPS) is 25.1. The van der Waals surface area contributed by atoms with E-state index in [2.05, 4.69) is 33.1 Å². The van der Waals surface area contributed by atoms with Crippen molar-refractivity contribution in [2.45, 2.75) is 66.8 Å². The van der Waals surface area contributed by atoms with Gasteiger partial charge < -0.3 is 10.3 Å². The molecule has 0 spiro atoms. The van der Waals surface area contributed by atoms with E-state index in [-0.39, 0.29) is 17.0 Å². The van der Waals surface area contributed by atoms with E-state index in [1.807, 2.05) is 20.8 Å². The fourth-order valence-corrected chi connectivity index (χ4v) is 7.72. The number of anilines is 1. The monoisotopic (exact) mass is 447 g/mol. The molecule has 2 aromatic rings. The number of pyridine rings is 1. The third kappa shape index (κ3) is 3.36. The molecule has 0 aliphatic heterocycles. The van der Waals surface area contributed by atoms with Gasteiger partial charge in [0.1, 0.15) is 17.1 Å². The molecule has 0 aromatic carbocycles. The van der Waals surface area contributed by atoms with Gasteiger partial charge in [0.15, 0.2) is 5.82 Å². The number of ketones is 1. The summed E-state index contributed by atoms with van der Waals surface area (Å²) in [7, 11) is -3.55. The maximum atomic E-state index is 12.9. The molecule has 2 fully saturated rings. The maximum absolute atomic E-state index is 12.9. The fourth-order valence-electron chi connectivity index (χ4n) is 5.83. The van der Waals surface area contributed by atoms with Crippen molar-refractivity contribution in [3.8, 4) is 0 Å². The summed E-state index contributed by atoms with van der Waals surface area (Å²) in [6.07, 6.45) is 2.75. The van der Waals surface area contributed by atoms with Crippen LogP contribution in [0, 0.1) is 37.5 Å². The highest BCUT2D eigenvalue weighted by Crippen LogP contribution is 2.64. The van der Waals surface area contributed by atoms with Gasteiger partial charge in [-0.1, -0.05) is 13.8 Å². The second-order valence-corrected chi connectivity index (χ2v) is 11.7. The van der Waals surface area contributed by atoms with Crippen LogP contribution in [0.25, 0.3) is 11.0 Å². The smallest absolute Gasteiger partial charge is 0.212 e. The van der Waals surface area contributed by atoms with Crippen LogP contribution in [0.5, 0.6) is 0 Å². The Morgan fingerprint density at radius 1 is 1.23 bits per heavy atom. The number of carbonyl (C=O) groups excluding carboxylic acids is 1. The van der Waals surface area contributed by atoms with E-state index in [4.69, 9.17) is 5.73 Å². The molecule has 3 N–H and O–H groups in total. The number of aryl methyl sites for hydroxylation is 4. The molecule has 2 heterocycles. The summed E-state index contributed by atoms with van der Waals surface area (Å²) < 4.78 is 30.6. The molecule has 2 aliphatic carbocycles. The molecule has 2 aliphatic rings. The minimum atomic E-state index is -3.55. The second kappa shape index (κ2) is 7.27. The van der Waals surface area contributed by atoms with Gasteiger partial charge in [0.2, 0.25) is 10.0 Å². The quantitative estimate of drug-likeness (QED) is 0.630. The topological polar surface area (TPSA) is 120 Å². The largest absolute Gasteiger partial charge is 0.382 e. The highest BCUT2D eigenvalue weighted by molar-refractivity contribution is 7.89. The Labute approximate surface area is 184 Å². The van der Waals surface area contributed by atoms with E-state index in [0.717, 1.165) is 29.0 Å². The highest BCUT2D eigenvalue weighted by atomic mass is 32.2. The standard InChI is InChI=1S/C22H33N5O3S/c1-13-14(2)25-20(23)18-19(13)27(15(3)26-18)10-6-9-24-31(29,30)12-22-8-7-16(11-17(22)28)21(22,4)5/h16,24H,6-12H2,1-5H3,(H2,23,25). The third-order valence-corrected chi connectivity index (χ3v) is 9.56. The van der Waals surface area contributed by atoms with Crippen molar-refractivity contribution < 1.29 is 13.2 Å². The highest BCUT2D eigenvalue weighted by Gasteiger charge is 2.65. The average molecular weight is 448 g/mol. The molecule has 0 amide bonds. The molecule has 9 heteroatoms. The number of imidazole rings is 1. The van der Waals surface area contributed by atoms with Crippen LogP contribution in [-0.2, 0) is 21.4 Å². The number of nitrogens with one attached hydrogen (secondary N) is 1. The van der Waals surface area contributed by atoms with Gasteiger partial charge in [0.25, 0.3) is 0 Å². The van der Waals surface area contributed by atoms with Crippen LogP contribution < -0.4 is 10.5 Å². The predicted molar refractivity (Wildman–Crippen MR) is 121 cm³/mol. The third-order valence-electron chi connectivity index (χ3n) is 8.04. The summed E-state index contributed by atoms with van der Waals surface area (Å²) in [6, 6.07) is 0. The molecule has 0 radical (unpaired) electrons. The fraction of sp³-hybridized carbons (Fsp3) is 0.682. The van der Waals surface area contributed by atoms with Crippen molar-refractivity contribution in [1.29, 1.82) is 0 Å². The van der Waals surface area contributed by atoms with E-state index in [9.17, 15) is 13.2 Å². The Hall–Kier alpha value is -2.00. The number of aromatic nitrogens is 3. The number of carbonyl (C=O) groups is 1. The van der Waals surface area contributed by atoms with E-state index >= 15 is 0 Å². The van der Waals surface area contributed by atoms with Crippen molar-refractivity contribution in [1.82, 2.24) is 19.3 Å². The number of fused-ring (bicyclic) bond motifs is 3. The lowest BCUT2D eigenvalue weighted by molar-refractivity contribution is -0.128. The Balaban J connectivity index is 1.44. The molecule has 170 valence electrons. The molecular weight excluding hydrogens is 414 g/mol. The van der Waals surface area contributed by atoms with Crippen LogP contribution in [0.15, 0.2) is 0 Å². The first kappa shape index (κ1) is 22.2. The van der Waals surface area contributed by atoms with Crippen LogP contribution in [0.3, 0.4) is 0 Å². The molecule has 2 unspecified atom stereocenters. The molecule has 8 nitrogen and oxygen atoms in total. The lowest BCUT2D eigenvalue weighted by atomic mass is 9.70. The van der Waals surface area contributed by atoms with Crippen LogP contribution >= 0.6 is 0 Å². The van der Waals surface area contributed by atoms with Gasteiger partial charge in [0, 0.05) is 30.6 Å². The van der Waals surface area contributed by atoms with Crippen molar-refractivity contribution in [3.05, 3.63) is 17.1 Å². The van der Waals surface area contributed by atoms with Crippen LogP contribution in [0.4, 0.5) is 5.82 Å². The Morgan fingerprint density at radius 3 is 2.55 bits per heavy atom. The van der Waals surface area contributed by atoms with Gasteiger partial charge in [-0.05, 0) is 56.9 Å². The second-order valence-electron chi connectivity index (χ2n) is 9.89. The molecule has 31 heavy (non-hydrogen) atoms. The van der Waals surface area contributed by atoms with Crippen molar-refractivity contribution in [3.63, 3.8) is 0 Å². The molecule has 2 aromatic heterocycles. The number of hydrogen-bond donors (Lipinski definition) is 2. The maximum Gasteiger partial charge on any atom is 0.212 e. The number of rotatable bonds is 7. The first-order chi connectivity index (χ1) is 14.4. The minimum Gasteiger partial charge on any atom is -0.382 e. The van der Waals surface area contributed by atoms with Gasteiger partial charge in [-0.15, -0.1) is 0 Å². The van der Waals surface area contributed by atoms with E-state index in [1.54, 1.807) is 0 Å². The summed E-state index contributed by atoms with van der Waals surface area (Å²) in [6.45, 7) is 10.9. The molecular formula is C22H33N5O3S. The molecule has 2 bridgehead atoms. The number of nitrogen functional groups attached to an aromatic ring is 1. The Bertz CT molecular complexity index is 1170. The van der Waals surface area contributed by atoms with E-state index < -0.39 is 15.4 Å². The first-order valence-corrected chi connectivity index (χ1v) is 12.6. The van der Waals surface area contributed by atoms with Crippen LogP contribution in [-0.4, -0.2) is 41.0 Å². The number of sulfonamides is 1.